The van der Waals surface area contributed by atoms with Crippen molar-refractivity contribution in [1.82, 2.24) is 9.47 Å². The number of likely N-dealkylation sites (tertiary alicyclic amines) is 1. The van der Waals surface area contributed by atoms with Gasteiger partial charge >= 0.3 is 0 Å². The summed E-state index contributed by atoms with van der Waals surface area (Å²) in [6.45, 7) is 0.957. The molecule has 1 aromatic heterocycles. The van der Waals surface area contributed by atoms with Crippen molar-refractivity contribution in [3.63, 3.8) is 0 Å². The van der Waals surface area contributed by atoms with Crippen molar-refractivity contribution in [3.05, 3.63) is 35.0 Å². The number of amides is 1. The van der Waals surface area contributed by atoms with Crippen LogP contribution >= 0.6 is 11.6 Å². The minimum Gasteiger partial charge on any atom is -0.340 e. The molecule has 2 heterocycles. The Labute approximate surface area is 139 Å². The third-order valence-corrected chi connectivity index (χ3v) is 5.44. The maximum absolute atomic E-state index is 12.7. The smallest absolute Gasteiger partial charge is 0.270 e. The van der Waals surface area contributed by atoms with E-state index in [0.717, 1.165) is 10.9 Å². The molecule has 1 unspecified atom stereocenters. The normalized spacial score (nSPS) is 18.7. The number of sulfonamides is 1. The molecule has 1 aliphatic rings. The molecule has 0 saturated carbocycles. The summed E-state index contributed by atoms with van der Waals surface area (Å²) in [5, 5.41) is 6.65. The van der Waals surface area contributed by atoms with Crippen LogP contribution in [0, 0.1) is 5.92 Å². The standard InChI is InChI=1S/C15H18ClN3O3S/c1-18-13-7-12(16)3-2-11(13)6-14(18)15(20)19-5-4-10(8-19)9-23(17,21)22/h2-3,6-7,10H,4-5,8-9H2,1H3,(H2,17,21,22). The van der Waals surface area contributed by atoms with Crippen LogP contribution in [0.3, 0.4) is 0 Å². The Balaban J connectivity index is 1.83. The summed E-state index contributed by atoms with van der Waals surface area (Å²) in [7, 11) is -1.69. The average Bonchev–Trinajstić information content (AvgIpc) is 3.02. The number of fused-ring (bicyclic) bond motifs is 1. The van der Waals surface area contributed by atoms with Gasteiger partial charge in [-0.2, -0.15) is 0 Å². The molecule has 3 rings (SSSR count). The third kappa shape index (κ3) is 3.36. The Morgan fingerprint density at radius 2 is 2.13 bits per heavy atom. The van der Waals surface area contributed by atoms with Crippen LogP contribution in [0.1, 0.15) is 16.9 Å². The number of carbonyl (C=O) groups is 1. The van der Waals surface area contributed by atoms with Crippen molar-refractivity contribution in [2.45, 2.75) is 6.42 Å². The van der Waals surface area contributed by atoms with E-state index in [2.05, 4.69) is 0 Å². The number of hydrogen-bond donors (Lipinski definition) is 1. The largest absolute Gasteiger partial charge is 0.340 e. The van der Waals surface area contributed by atoms with Crippen molar-refractivity contribution in [2.24, 2.45) is 18.1 Å². The van der Waals surface area contributed by atoms with Crippen molar-refractivity contribution < 1.29 is 13.2 Å². The second-order valence-electron chi connectivity index (χ2n) is 6.03. The SMILES string of the molecule is Cn1c(C(=O)N2CCC(CS(N)(=O)=O)C2)cc2ccc(Cl)cc21. The molecular formula is C15H18ClN3O3S. The highest BCUT2D eigenvalue weighted by molar-refractivity contribution is 7.89. The number of nitrogens with two attached hydrogens (primary N) is 1. The zero-order valence-electron chi connectivity index (χ0n) is 12.7. The molecule has 2 N–H and O–H groups in total. The lowest BCUT2D eigenvalue weighted by Gasteiger charge is -2.17. The van der Waals surface area contributed by atoms with Gasteiger partial charge in [0.2, 0.25) is 10.0 Å². The minimum absolute atomic E-state index is 0.0818. The molecule has 1 fully saturated rings. The van der Waals surface area contributed by atoms with E-state index in [9.17, 15) is 13.2 Å². The number of aromatic nitrogens is 1. The van der Waals surface area contributed by atoms with E-state index in [1.165, 1.54) is 0 Å². The molecule has 0 spiro atoms. The molecule has 1 atom stereocenters. The quantitative estimate of drug-likeness (QED) is 0.907. The van der Waals surface area contributed by atoms with Gasteiger partial charge in [-0.1, -0.05) is 17.7 Å². The van der Waals surface area contributed by atoms with Crippen LogP contribution in [0.25, 0.3) is 10.9 Å². The summed E-state index contributed by atoms with van der Waals surface area (Å²) in [5.41, 5.74) is 1.46. The van der Waals surface area contributed by atoms with E-state index in [0.29, 0.717) is 30.2 Å². The van der Waals surface area contributed by atoms with Gasteiger partial charge in [0.25, 0.3) is 5.91 Å². The van der Waals surface area contributed by atoms with Crippen molar-refractivity contribution in [2.75, 3.05) is 18.8 Å². The first-order chi connectivity index (χ1) is 10.7. The number of rotatable bonds is 3. The first-order valence-corrected chi connectivity index (χ1v) is 9.38. The number of nitrogens with zero attached hydrogens (tertiary/aromatic N) is 2. The third-order valence-electron chi connectivity index (χ3n) is 4.27. The van der Waals surface area contributed by atoms with Gasteiger partial charge in [-0.25, -0.2) is 13.6 Å². The van der Waals surface area contributed by atoms with E-state index in [1.807, 2.05) is 29.8 Å². The van der Waals surface area contributed by atoms with Gasteiger partial charge in [0.05, 0.1) is 5.75 Å². The molecule has 8 heteroatoms. The molecule has 23 heavy (non-hydrogen) atoms. The van der Waals surface area contributed by atoms with E-state index in [-0.39, 0.29) is 17.6 Å². The monoisotopic (exact) mass is 355 g/mol. The lowest BCUT2D eigenvalue weighted by molar-refractivity contribution is 0.0779. The van der Waals surface area contributed by atoms with E-state index < -0.39 is 10.0 Å². The first kappa shape index (κ1) is 16.3. The van der Waals surface area contributed by atoms with Gasteiger partial charge in [0, 0.05) is 36.1 Å². The molecule has 0 radical (unpaired) electrons. The molecule has 124 valence electrons. The molecule has 0 aliphatic carbocycles. The van der Waals surface area contributed by atoms with Crippen molar-refractivity contribution in [3.8, 4) is 0 Å². The lowest BCUT2D eigenvalue weighted by atomic mass is 10.2. The number of aryl methyl sites for hydroxylation is 1. The molecule has 1 amide bonds. The fourth-order valence-electron chi connectivity index (χ4n) is 3.15. The summed E-state index contributed by atoms with van der Waals surface area (Å²) >= 11 is 6.01. The van der Waals surface area contributed by atoms with Gasteiger partial charge in [-0.3, -0.25) is 4.79 Å². The van der Waals surface area contributed by atoms with Gasteiger partial charge in [0.1, 0.15) is 5.69 Å². The van der Waals surface area contributed by atoms with E-state index >= 15 is 0 Å². The first-order valence-electron chi connectivity index (χ1n) is 7.29. The molecule has 1 aliphatic heterocycles. The highest BCUT2D eigenvalue weighted by Crippen LogP contribution is 2.25. The lowest BCUT2D eigenvalue weighted by Crippen LogP contribution is -2.31. The summed E-state index contributed by atoms with van der Waals surface area (Å²) in [6.07, 6.45) is 0.651. The predicted molar refractivity (Wildman–Crippen MR) is 89.9 cm³/mol. The zero-order valence-corrected chi connectivity index (χ0v) is 14.3. The Hall–Kier alpha value is -1.57. The Kier molecular flexibility index (Phi) is 4.12. The molecular weight excluding hydrogens is 338 g/mol. The summed E-state index contributed by atoms with van der Waals surface area (Å²) in [5.74, 6) is -0.281. The van der Waals surface area contributed by atoms with Crippen LogP contribution in [-0.4, -0.2) is 42.6 Å². The van der Waals surface area contributed by atoms with Crippen LogP contribution in [0.15, 0.2) is 24.3 Å². The fourth-order valence-corrected chi connectivity index (χ4v) is 4.25. The molecule has 2 aromatic rings. The van der Waals surface area contributed by atoms with Crippen LogP contribution < -0.4 is 5.14 Å². The Morgan fingerprint density at radius 1 is 1.39 bits per heavy atom. The van der Waals surface area contributed by atoms with Crippen LogP contribution in [0.2, 0.25) is 5.02 Å². The van der Waals surface area contributed by atoms with Crippen LogP contribution in [0.4, 0.5) is 0 Å². The highest BCUT2D eigenvalue weighted by atomic mass is 35.5. The van der Waals surface area contributed by atoms with E-state index in [1.54, 1.807) is 11.0 Å². The van der Waals surface area contributed by atoms with Crippen molar-refractivity contribution in [1.29, 1.82) is 0 Å². The summed E-state index contributed by atoms with van der Waals surface area (Å²) < 4.78 is 24.2. The molecule has 6 nitrogen and oxygen atoms in total. The Morgan fingerprint density at radius 3 is 2.83 bits per heavy atom. The van der Waals surface area contributed by atoms with Crippen LogP contribution in [0.5, 0.6) is 0 Å². The topological polar surface area (TPSA) is 85.4 Å². The Bertz CT molecular complexity index is 875. The second-order valence-corrected chi connectivity index (χ2v) is 8.12. The number of primary sulfonamides is 1. The fraction of sp³-hybridized carbons (Fsp3) is 0.400. The number of halogens is 1. The summed E-state index contributed by atoms with van der Waals surface area (Å²) in [6, 6.07) is 7.32. The number of hydrogen-bond acceptors (Lipinski definition) is 3. The maximum Gasteiger partial charge on any atom is 0.270 e. The minimum atomic E-state index is -3.51. The molecule has 1 aromatic carbocycles. The molecule has 0 bridgehead atoms. The number of benzene rings is 1. The summed E-state index contributed by atoms with van der Waals surface area (Å²) in [4.78, 5) is 14.4. The van der Waals surface area contributed by atoms with Gasteiger partial charge in [0.15, 0.2) is 0 Å². The second kappa shape index (κ2) is 5.81. The van der Waals surface area contributed by atoms with Gasteiger partial charge in [-0.05, 0) is 30.5 Å². The van der Waals surface area contributed by atoms with Crippen molar-refractivity contribution >= 4 is 38.4 Å². The number of carbonyl (C=O) groups excluding carboxylic acids is 1. The molecule has 1 saturated heterocycles. The maximum atomic E-state index is 12.7. The predicted octanol–water partition coefficient (Wildman–Crippen LogP) is 1.58. The zero-order chi connectivity index (χ0) is 16.8. The highest BCUT2D eigenvalue weighted by Gasteiger charge is 2.30. The van der Waals surface area contributed by atoms with E-state index in [4.69, 9.17) is 16.7 Å². The van der Waals surface area contributed by atoms with Gasteiger partial charge in [-0.15, -0.1) is 0 Å². The average molecular weight is 356 g/mol. The van der Waals surface area contributed by atoms with Gasteiger partial charge < -0.3 is 9.47 Å². The van der Waals surface area contributed by atoms with Crippen LogP contribution in [-0.2, 0) is 17.1 Å².